The number of carbonyl (C=O) groups excluding carboxylic acids is 1. The van der Waals surface area contributed by atoms with Crippen molar-refractivity contribution in [3.05, 3.63) is 51.7 Å². The molecule has 0 aliphatic carbocycles. The fraction of sp³-hybridized carbons (Fsp3) is 0.294. The molecule has 0 fully saturated rings. The maximum Gasteiger partial charge on any atom is 0.286 e. The van der Waals surface area contributed by atoms with Crippen LogP contribution in [-0.4, -0.2) is 43.2 Å². The minimum Gasteiger partial charge on any atom is -0.493 e. The molecule has 1 N–H and O–H groups in total. The molecular weight excluding hydrogens is 342 g/mol. The highest BCUT2D eigenvalue weighted by Gasteiger charge is 2.25. The highest BCUT2D eigenvalue weighted by Crippen LogP contribution is 2.35. The van der Waals surface area contributed by atoms with Gasteiger partial charge in [0.15, 0.2) is 11.5 Å². The monoisotopic (exact) mass is 361 g/mol. The Labute approximate surface area is 150 Å². The predicted molar refractivity (Wildman–Crippen MR) is 93.9 cm³/mol. The molecule has 0 unspecified atom stereocenters. The van der Waals surface area contributed by atoms with Gasteiger partial charge in [0.2, 0.25) is 0 Å². The van der Waals surface area contributed by atoms with Crippen LogP contribution in [0.4, 0.5) is 11.5 Å². The average molecular weight is 361 g/mol. The number of pyridine rings is 1. The summed E-state index contributed by atoms with van der Waals surface area (Å²) in [6.45, 7) is 2.26. The maximum atomic E-state index is 12.5. The zero-order valence-corrected chi connectivity index (χ0v) is 14.6. The van der Waals surface area contributed by atoms with Crippen LogP contribution in [0.15, 0.2) is 30.3 Å². The molecule has 0 aliphatic heterocycles. The van der Waals surface area contributed by atoms with Crippen molar-refractivity contribution in [2.45, 2.75) is 6.92 Å². The number of hydrogen-bond acceptors (Lipinski definition) is 7. The lowest BCUT2D eigenvalue weighted by atomic mass is 10.1. The van der Waals surface area contributed by atoms with Gasteiger partial charge in [0.05, 0.1) is 24.7 Å². The number of methoxy groups -OCH3 is 2. The molecule has 1 aromatic heterocycles. The molecule has 0 aliphatic rings. The number of nitrogens with one attached hydrogen (secondary N) is 1. The van der Waals surface area contributed by atoms with Crippen molar-refractivity contribution < 1.29 is 23.9 Å². The molecule has 0 saturated heterocycles. The van der Waals surface area contributed by atoms with E-state index in [2.05, 4.69) is 10.3 Å². The number of aryl methyl sites for hydroxylation is 1. The van der Waals surface area contributed by atoms with E-state index < -0.39 is 16.5 Å². The average Bonchev–Trinajstić information content (AvgIpc) is 2.61. The Balaban J connectivity index is 2.36. The van der Waals surface area contributed by atoms with Gasteiger partial charge in [-0.15, -0.1) is 0 Å². The summed E-state index contributed by atoms with van der Waals surface area (Å²) in [6.07, 6.45) is 0. The molecule has 0 saturated carbocycles. The Morgan fingerprint density at radius 2 is 2.00 bits per heavy atom. The molecule has 1 amide bonds. The van der Waals surface area contributed by atoms with Gasteiger partial charge in [-0.25, -0.2) is 4.98 Å². The fourth-order valence-electron chi connectivity index (χ4n) is 2.19. The molecule has 0 atom stereocenters. The SMILES string of the molecule is COCCOc1cc([N+](=O)[O-])c(C(=O)Nc2cccc(C)n2)cc1OC. The van der Waals surface area contributed by atoms with Crippen LogP contribution in [0.3, 0.4) is 0 Å². The van der Waals surface area contributed by atoms with Gasteiger partial charge in [-0.3, -0.25) is 14.9 Å². The third kappa shape index (κ3) is 4.67. The summed E-state index contributed by atoms with van der Waals surface area (Å²) in [4.78, 5) is 27.4. The first-order valence-corrected chi connectivity index (χ1v) is 7.69. The molecule has 0 spiro atoms. The van der Waals surface area contributed by atoms with Crippen molar-refractivity contribution >= 4 is 17.4 Å². The van der Waals surface area contributed by atoms with Crippen LogP contribution in [-0.2, 0) is 4.74 Å². The van der Waals surface area contributed by atoms with Gasteiger partial charge in [0.25, 0.3) is 11.6 Å². The minimum atomic E-state index is -0.670. The number of hydrogen-bond donors (Lipinski definition) is 1. The van der Waals surface area contributed by atoms with Crippen LogP contribution >= 0.6 is 0 Å². The highest BCUT2D eigenvalue weighted by molar-refractivity contribution is 6.07. The van der Waals surface area contributed by atoms with Crippen LogP contribution in [0.25, 0.3) is 0 Å². The maximum absolute atomic E-state index is 12.5. The summed E-state index contributed by atoms with van der Waals surface area (Å²) >= 11 is 0. The normalized spacial score (nSPS) is 10.3. The number of anilines is 1. The van der Waals surface area contributed by atoms with E-state index in [4.69, 9.17) is 14.2 Å². The van der Waals surface area contributed by atoms with Gasteiger partial charge >= 0.3 is 0 Å². The first kappa shape index (κ1) is 19.1. The molecule has 9 heteroatoms. The van der Waals surface area contributed by atoms with Crippen molar-refractivity contribution in [3.8, 4) is 11.5 Å². The van der Waals surface area contributed by atoms with E-state index in [1.807, 2.05) is 0 Å². The van der Waals surface area contributed by atoms with E-state index in [0.29, 0.717) is 18.1 Å². The lowest BCUT2D eigenvalue weighted by Crippen LogP contribution is -2.16. The van der Waals surface area contributed by atoms with Crippen LogP contribution < -0.4 is 14.8 Å². The Morgan fingerprint density at radius 1 is 1.23 bits per heavy atom. The number of amides is 1. The number of nitrogens with zero attached hydrogens (tertiary/aromatic N) is 2. The van der Waals surface area contributed by atoms with Crippen molar-refractivity contribution in [2.75, 3.05) is 32.8 Å². The summed E-state index contributed by atoms with van der Waals surface area (Å²) in [5, 5.41) is 13.9. The fourth-order valence-corrected chi connectivity index (χ4v) is 2.19. The molecule has 2 rings (SSSR count). The summed E-state index contributed by atoms with van der Waals surface area (Å²) in [6, 6.07) is 7.52. The van der Waals surface area contributed by atoms with Crippen molar-refractivity contribution in [1.82, 2.24) is 4.98 Å². The molecule has 1 aromatic carbocycles. The number of ether oxygens (including phenoxy) is 3. The molecule has 26 heavy (non-hydrogen) atoms. The van der Waals surface area contributed by atoms with Gasteiger partial charge in [-0.2, -0.15) is 0 Å². The van der Waals surface area contributed by atoms with E-state index >= 15 is 0 Å². The largest absolute Gasteiger partial charge is 0.493 e. The van der Waals surface area contributed by atoms with Crippen molar-refractivity contribution in [1.29, 1.82) is 0 Å². The van der Waals surface area contributed by atoms with Gasteiger partial charge in [-0.05, 0) is 19.1 Å². The van der Waals surface area contributed by atoms with Gasteiger partial charge in [0.1, 0.15) is 18.0 Å². The van der Waals surface area contributed by atoms with E-state index in [1.165, 1.54) is 20.3 Å². The third-order valence-electron chi connectivity index (χ3n) is 3.40. The lowest BCUT2D eigenvalue weighted by molar-refractivity contribution is -0.385. The zero-order valence-electron chi connectivity index (χ0n) is 14.6. The lowest BCUT2D eigenvalue weighted by Gasteiger charge is -2.12. The number of aromatic nitrogens is 1. The summed E-state index contributed by atoms with van der Waals surface area (Å²) in [5.74, 6) is -0.0178. The summed E-state index contributed by atoms with van der Waals surface area (Å²) in [7, 11) is 2.89. The molecule has 1 heterocycles. The molecule has 0 bridgehead atoms. The second kappa shape index (κ2) is 8.77. The standard InChI is InChI=1S/C17H19N3O6/c1-11-5-4-6-16(18-11)19-17(21)12-9-14(25-3)15(26-8-7-24-2)10-13(12)20(22)23/h4-6,9-10H,7-8H2,1-3H3,(H,18,19,21). The number of rotatable bonds is 8. The third-order valence-corrected chi connectivity index (χ3v) is 3.40. The van der Waals surface area contributed by atoms with Crippen LogP contribution in [0.5, 0.6) is 11.5 Å². The van der Waals surface area contributed by atoms with Crippen molar-refractivity contribution in [3.63, 3.8) is 0 Å². The minimum absolute atomic E-state index is 0.154. The molecule has 0 radical (unpaired) electrons. The van der Waals surface area contributed by atoms with Gasteiger partial charge in [0, 0.05) is 18.9 Å². The second-order valence-electron chi connectivity index (χ2n) is 5.24. The predicted octanol–water partition coefficient (Wildman–Crippen LogP) is 2.58. The smallest absolute Gasteiger partial charge is 0.286 e. The number of benzene rings is 1. The van der Waals surface area contributed by atoms with E-state index in [0.717, 1.165) is 6.07 Å². The van der Waals surface area contributed by atoms with E-state index in [-0.39, 0.29) is 23.7 Å². The van der Waals surface area contributed by atoms with E-state index in [9.17, 15) is 14.9 Å². The Kier molecular flexibility index (Phi) is 6.45. The zero-order chi connectivity index (χ0) is 19.1. The molecule has 2 aromatic rings. The number of carbonyl (C=O) groups is 1. The molecule has 9 nitrogen and oxygen atoms in total. The van der Waals surface area contributed by atoms with Crippen LogP contribution in [0.1, 0.15) is 16.1 Å². The quantitative estimate of drug-likeness (QED) is 0.437. The highest BCUT2D eigenvalue weighted by atomic mass is 16.6. The number of nitro benzene ring substituents is 1. The summed E-state index contributed by atoms with van der Waals surface area (Å²) < 4.78 is 15.5. The second-order valence-corrected chi connectivity index (χ2v) is 5.24. The van der Waals surface area contributed by atoms with E-state index in [1.54, 1.807) is 25.1 Å². The first-order valence-electron chi connectivity index (χ1n) is 7.69. The van der Waals surface area contributed by atoms with Crippen molar-refractivity contribution in [2.24, 2.45) is 0 Å². The number of nitro groups is 1. The van der Waals surface area contributed by atoms with Crippen LogP contribution in [0, 0.1) is 17.0 Å². The Hall–Kier alpha value is -3.20. The van der Waals surface area contributed by atoms with Gasteiger partial charge < -0.3 is 19.5 Å². The topological polar surface area (TPSA) is 113 Å². The molecule has 138 valence electrons. The Morgan fingerprint density at radius 3 is 2.62 bits per heavy atom. The van der Waals surface area contributed by atoms with Crippen LogP contribution in [0.2, 0.25) is 0 Å². The van der Waals surface area contributed by atoms with Gasteiger partial charge in [-0.1, -0.05) is 6.07 Å². The summed E-state index contributed by atoms with van der Waals surface area (Å²) in [5.41, 5.74) is 0.148. The molecular formula is C17H19N3O6. The Bertz CT molecular complexity index is 809. The first-order chi connectivity index (χ1) is 12.5.